The molecule has 4 heteroatoms. The van der Waals surface area contributed by atoms with Gasteiger partial charge in [-0.15, -0.1) is 0 Å². The largest absolute Gasteiger partial charge is 0.390 e. The number of benzene rings is 3. The van der Waals surface area contributed by atoms with Gasteiger partial charge in [0.05, 0.1) is 18.8 Å². The molecule has 30 heavy (non-hydrogen) atoms. The van der Waals surface area contributed by atoms with E-state index in [1.54, 1.807) is 0 Å². The Morgan fingerprint density at radius 1 is 0.700 bits per heavy atom. The normalized spacial score (nSPS) is 30.1. The van der Waals surface area contributed by atoms with Crippen molar-refractivity contribution in [1.29, 1.82) is 0 Å². The maximum Gasteiger partial charge on any atom is 0.143 e. The van der Waals surface area contributed by atoms with Crippen molar-refractivity contribution in [3.63, 3.8) is 0 Å². The molecule has 5 atom stereocenters. The van der Waals surface area contributed by atoms with Crippen molar-refractivity contribution in [2.24, 2.45) is 11.3 Å². The Morgan fingerprint density at radius 2 is 1.13 bits per heavy atom. The lowest BCUT2D eigenvalue weighted by molar-refractivity contribution is -0.0799. The minimum atomic E-state index is -1.12. The summed E-state index contributed by atoms with van der Waals surface area (Å²) in [5.74, 6) is -0.137. The lowest BCUT2D eigenvalue weighted by Gasteiger charge is -2.37. The lowest BCUT2D eigenvalue weighted by atomic mass is 9.80. The van der Waals surface area contributed by atoms with Gasteiger partial charge in [-0.3, -0.25) is 0 Å². The van der Waals surface area contributed by atoms with Crippen molar-refractivity contribution in [3.05, 3.63) is 108 Å². The Hall–Kier alpha value is -2.50. The summed E-state index contributed by atoms with van der Waals surface area (Å²) in [5.41, 5.74) is 1.49. The van der Waals surface area contributed by atoms with E-state index in [-0.39, 0.29) is 12.5 Å². The molecule has 5 rings (SSSR count). The molecule has 0 spiro atoms. The molecule has 0 unspecified atom stereocenters. The first kappa shape index (κ1) is 19.5. The second-order valence-electron chi connectivity index (χ2n) is 8.54. The highest BCUT2D eigenvalue weighted by atomic mass is 16.5. The molecule has 0 saturated heterocycles. The van der Waals surface area contributed by atoms with Crippen LogP contribution in [0.3, 0.4) is 0 Å². The number of aliphatic hydroxyl groups is 3. The molecule has 0 bridgehead atoms. The van der Waals surface area contributed by atoms with Crippen LogP contribution >= 0.6 is 0 Å². The summed E-state index contributed by atoms with van der Waals surface area (Å²) >= 11 is 0. The van der Waals surface area contributed by atoms with Crippen LogP contribution in [0.2, 0.25) is 0 Å². The average molecular weight is 402 g/mol. The summed E-state index contributed by atoms with van der Waals surface area (Å²) in [6.07, 6.45) is -2.35. The summed E-state index contributed by atoms with van der Waals surface area (Å²) in [5, 5.41) is 31.1. The minimum Gasteiger partial charge on any atom is -0.390 e. The van der Waals surface area contributed by atoms with Crippen LogP contribution in [-0.2, 0) is 10.3 Å². The molecule has 2 fully saturated rings. The predicted molar refractivity (Wildman–Crippen MR) is 114 cm³/mol. The molecule has 3 aromatic carbocycles. The van der Waals surface area contributed by atoms with Crippen molar-refractivity contribution in [1.82, 2.24) is 0 Å². The fraction of sp³-hybridized carbons (Fsp3) is 0.308. The standard InChI is InChI=1S/C26H26O4/c27-22-21-16-25(21,24(29)23(22)28)17-30-26(18-10-4-1-5-11-18,19-12-6-2-7-13-19)20-14-8-3-9-15-20/h1-15,21-24,27-29H,16-17H2/t21-,22+,23+,24+,25+/m0/s1. The summed E-state index contributed by atoms with van der Waals surface area (Å²) < 4.78 is 6.80. The van der Waals surface area contributed by atoms with Gasteiger partial charge in [0.1, 0.15) is 11.7 Å². The van der Waals surface area contributed by atoms with E-state index in [4.69, 9.17) is 4.74 Å². The highest BCUT2D eigenvalue weighted by Crippen LogP contribution is 2.64. The molecule has 0 radical (unpaired) electrons. The Balaban J connectivity index is 1.62. The molecular formula is C26H26O4. The second kappa shape index (κ2) is 7.33. The molecule has 0 aliphatic heterocycles. The molecule has 0 amide bonds. The van der Waals surface area contributed by atoms with Gasteiger partial charge < -0.3 is 20.1 Å². The van der Waals surface area contributed by atoms with Crippen LogP contribution in [0.25, 0.3) is 0 Å². The Morgan fingerprint density at radius 3 is 1.50 bits per heavy atom. The van der Waals surface area contributed by atoms with Crippen LogP contribution in [-0.4, -0.2) is 40.2 Å². The summed E-state index contributed by atoms with van der Waals surface area (Å²) in [7, 11) is 0. The number of rotatable bonds is 6. The number of hydrogen-bond donors (Lipinski definition) is 3. The monoisotopic (exact) mass is 402 g/mol. The topological polar surface area (TPSA) is 69.9 Å². The van der Waals surface area contributed by atoms with Crippen molar-refractivity contribution < 1.29 is 20.1 Å². The van der Waals surface area contributed by atoms with E-state index < -0.39 is 29.3 Å². The van der Waals surface area contributed by atoms with Crippen LogP contribution < -0.4 is 0 Å². The van der Waals surface area contributed by atoms with E-state index in [9.17, 15) is 15.3 Å². The quantitative estimate of drug-likeness (QED) is 0.554. The van der Waals surface area contributed by atoms with Gasteiger partial charge in [0.25, 0.3) is 0 Å². The lowest BCUT2D eigenvalue weighted by Crippen LogP contribution is -2.40. The maximum atomic E-state index is 10.6. The number of hydrogen-bond acceptors (Lipinski definition) is 4. The predicted octanol–water partition coefficient (Wildman–Crippen LogP) is 3.10. The van der Waals surface area contributed by atoms with Gasteiger partial charge in [-0.2, -0.15) is 0 Å². The molecule has 3 aromatic rings. The van der Waals surface area contributed by atoms with Crippen LogP contribution in [0.5, 0.6) is 0 Å². The van der Waals surface area contributed by atoms with Gasteiger partial charge in [-0.05, 0) is 29.0 Å². The third-order valence-electron chi connectivity index (χ3n) is 6.95. The summed E-state index contributed by atoms with van der Waals surface area (Å²) in [6, 6.07) is 30.2. The Labute approximate surface area is 176 Å². The molecule has 2 saturated carbocycles. The summed E-state index contributed by atoms with van der Waals surface area (Å²) in [4.78, 5) is 0. The minimum absolute atomic E-state index is 0.137. The second-order valence-corrected chi connectivity index (χ2v) is 8.54. The SMILES string of the molecule is O[C@@H]1[C@H](O)[C@@H]2C[C@]2(COC(c2ccccc2)(c2ccccc2)c2ccccc2)[C@@H]1O. The zero-order valence-electron chi connectivity index (χ0n) is 16.6. The van der Waals surface area contributed by atoms with Crippen molar-refractivity contribution in [2.45, 2.75) is 30.3 Å². The van der Waals surface area contributed by atoms with Crippen LogP contribution in [0.4, 0.5) is 0 Å². The average Bonchev–Trinajstić information content (AvgIpc) is 3.52. The van der Waals surface area contributed by atoms with Gasteiger partial charge in [0, 0.05) is 5.41 Å². The van der Waals surface area contributed by atoms with E-state index in [0.29, 0.717) is 6.42 Å². The highest BCUT2D eigenvalue weighted by Gasteiger charge is 2.71. The number of aliphatic hydroxyl groups excluding tert-OH is 3. The van der Waals surface area contributed by atoms with Gasteiger partial charge in [0.2, 0.25) is 0 Å². The first-order chi connectivity index (χ1) is 14.6. The van der Waals surface area contributed by atoms with E-state index >= 15 is 0 Å². The zero-order valence-corrected chi connectivity index (χ0v) is 16.6. The molecule has 2 aliphatic carbocycles. The van der Waals surface area contributed by atoms with E-state index in [1.165, 1.54) is 0 Å². The first-order valence-corrected chi connectivity index (χ1v) is 10.4. The molecule has 4 nitrogen and oxygen atoms in total. The molecule has 2 aliphatic rings. The van der Waals surface area contributed by atoms with E-state index in [0.717, 1.165) is 16.7 Å². The molecule has 0 heterocycles. The Kier molecular flexibility index (Phi) is 4.75. The molecule has 3 N–H and O–H groups in total. The van der Waals surface area contributed by atoms with Crippen LogP contribution in [0.1, 0.15) is 23.1 Å². The first-order valence-electron chi connectivity index (χ1n) is 10.4. The van der Waals surface area contributed by atoms with E-state index in [1.807, 2.05) is 54.6 Å². The maximum absolute atomic E-state index is 10.6. The Bertz CT molecular complexity index is 893. The fourth-order valence-corrected chi connectivity index (χ4v) is 5.18. The third-order valence-corrected chi connectivity index (χ3v) is 6.95. The molecular weight excluding hydrogens is 376 g/mol. The molecule has 154 valence electrons. The number of fused-ring (bicyclic) bond motifs is 1. The zero-order chi connectivity index (χ0) is 20.8. The van der Waals surface area contributed by atoms with Crippen molar-refractivity contribution >= 4 is 0 Å². The smallest absolute Gasteiger partial charge is 0.143 e. The number of ether oxygens (including phenoxy) is 1. The van der Waals surface area contributed by atoms with Gasteiger partial charge >= 0.3 is 0 Å². The van der Waals surface area contributed by atoms with Crippen molar-refractivity contribution in [2.75, 3.05) is 6.61 Å². The van der Waals surface area contributed by atoms with Gasteiger partial charge in [0.15, 0.2) is 0 Å². The van der Waals surface area contributed by atoms with Crippen LogP contribution in [0, 0.1) is 11.3 Å². The van der Waals surface area contributed by atoms with Crippen LogP contribution in [0.15, 0.2) is 91.0 Å². The fourth-order valence-electron chi connectivity index (χ4n) is 5.18. The third kappa shape index (κ3) is 2.83. The van der Waals surface area contributed by atoms with Gasteiger partial charge in [-0.1, -0.05) is 91.0 Å². The van der Waals surface area contributed by atoms with E-state index in [2.05, 4.69) is 36.4 Å². The molecule has 0 aromatic heterocycles. The van der Waals surface area contributed by atoms with Crippen molar-refractivity contribution in [3.8, 4) is 0 Å². The van der Waals surface area contributed by atoms with Gasteiger partial charge in [-0.25, -0.2) is 0 Å². The summed E-state index contributed by atoms with van der Waals surface area (Å²) in [6.45, 7) is 0.242. The highest BCUT2D eigenvalue weighted by molar-refractivity contribution is 5.47.